The molecule has 0 fully saturated rings. The molecule has 19 heteroatoms. The van der Waals surface area contributed by atoms with E-state index in [2.05, 4.69) is 12.9 Å². The molecule has 19 heavy (non-hydrogen) atoms. The maximum atomic E-state index is 10.7. The van der Waals surface area contributed by atoms with E-state index in [0.29, 0.717) is 0 Å². The minimum atomic E-state index is -5.77. The first-order valence-corrected chi connectivity index (χ1v) is 9.08. The van der Waals surface area contributed by atoms with Crippen LogP contribution in [0.4, 0.5) is 0 Å². The molecule has 0 aromatic carbocycles. The third kappa shape index (κ3) is 17.0. The van der Waals surface area contributed by atoms with E-state index in [4.69, 9.17) is 29.4 Å². The molecule has 0 aromatic heterocycles. The van der Waals surface area contributed by atoms with E-state index in [-0.39, 0.29) is 71.6 Å². The van der Waals surface area contributed by atoms with Gasteiger partial charge < -0.3 is 33.6 Å². The van der Waals surface area contributed by atoms with Crippen molar-refractivity contribution in [3.63, 3.8) is 0 Å². The van der Waals surface area contributed by atoms with Crippen LogP contribution in [0.3, 0.4) is 0 Å². The second-order valence-corrected chi connectivity index (χ2v) is 7.96. The van der Waals surface area contributed by atoms with Crippen LogP contribution in [-0.2, 0) is 31.2 Å². The first-order chi connectivity index (χ1) is 7.12. The molecule has 6 N–H and O–H groups in total. The molecule has 0 aliphatic carbocycles. The average molecular weight is 404 g/mol. The van der Waals surface area contributed by atoms with Crippen LogP contribution in [-0.4, -0.2) is 67.1 Å². The normalized spacial score (nSPS) is 18.4. The summed E-state index contributed by atoms with van der Waals surface area (Å²) in [5, 5.41) is 0. The van der Waals surface area contributed by atoms with E-state index in [9.17, 15) is 18.3 Å². The van der Waals surface area contributed by atoms with Gasteiger partial charge in [-0.25, -0.2) is 18.3 Å². The molecular formula is H9CaNaO13P4. The third-order valence-corrected chi connectivity index (χ3v) is 5.63. The molecule has 0 rings (SSSR count). The molecule has 13 nitrogen and oxygen atoms in total. The van der Waals surface area contributed by atoms with Gasteiger partial charge in [-0.3, -0.25) is 0 Å². The van der Waals surface area contributed by atoms with E-state index < -0.39 is 31.3 Å². The quantitative estimate of drug-likeness (QED) is 0.186. The van der Waals surface area contributed by atoms with E-state index in [1.807, 2.05) is 0 Å². The fourth-order valence-corrected chi connectivity index (χ4v) is 4.40. The summed E-state index contributed by atoms with van der Waals surface area (Å²) in [6.07, 6.45) is 0. The van der Waals surface area contributed by atoms with Gasteiger partial charge in [0.15, 0.2) is 0 Å². The second kappa shape index (κ2) is 9.20. The first kappa shape index (κ1) is 26.7. The van der Waals surface area contributed by atoms with Crippen molar-refractivity contribution in [1.82, 2.24) is 0 Å². The zero-order valence-electron chi connectivity index (χ0n) is 12.0. The summed E-state index contributed by atoms with van der Waals surface area (Å²) in [7, 11) is -22.6. The Morgan fingerprint density at radius 1 is 0.632 bits per heavy atom. The van der Waals surface area contributed by atoms with Gasteiger partial charge in [-0.1, -0.05) is 0 Å². The molecule has 0 saturated heterocycles. The fraction of sp³-hybridized carbons (Fsp3) is 0. The van der Waals surface area contributed by atoms with Gasteiger partial charge in [0.1, 0.15) is 0 Å². The van der Waals surface area contributed by atoms with Crippen molar-refractivity contribution in [2.45, 2.75) is 0 Å². The Kier molecular flexibility index (Phi) is 12.9. The van der Waals surface area contributed by atoms with Crippen molar-refractivity contribution >= 4 is 69.0 Å². The fourth-order valence-electron chi connectivity index (χ4n) is 0.429. The molecule has 0 aliphatic rings. The summed E-state index contributed by atoms with van der Waals surface area (Å²) in [6, 6.07) is 0. The molecule has 0 bridgehead atoms. The zero-order valence-corrected chi connectivity index (χ0v) is 16.8. The molecule has 110 valence electrons. The van der Waals surface area contributed by atoms with Gasteiger partial charge in [0, 0.05) is 0 Å². The Balaban J connectivity index is -0.000000128. The maximum absolute atomic E-state index is 10.7. The number of hydrogen-bond acceptors (Lipinski definition) is 7. The topological polar surface area (TPSA) is 217 Å². The summed E-state index contributed by atoms with van der Waals surface area (Å²) in [6.45, 7) is 0. The summed E-state index contributed by atoms with van der Waals surface area (Å²) < 4.78 is 50.9. The smallest absolute Gasteiger partial charge is 1.00 e. The predicted octanol–water partition coefficient (Wildman–Crippen LogP) is -3.62. The standard InChI is InChI=1S/Ca.Na.H6O13P4.3H/c;;1-14(2,3)11-16(7,8)13-17(9,10)12-15(4,5)6;;;/h;;(H,7,8)(H,9,10)(H2,1,2,3)(H2,4,5,6);;;/q+2;+1;;3*-1. The van der Waals surface area contributed by atoms with Crippen molar-refractivity contribution in [3.05, 3.63) is 0 Å². The van der Waals surface area contributed by atoms with Gasteiger partial charge in [0.2, 0.25) is 0 Å². The van der Waals surface area contributed by atoms with Crippen molar-refractivity contribution in [2.75, 3.05) is 0 Å². The van der Waals surface area contributed by atoms with Crippen LogP contribution in [0.25, 0.3) is 0 Å². The monoisotopic (exact) mass is 404 g/mol. The van der Waals surface area contributed by atoms with Crippen LogP contribution in [0.5, 0.6) is 0 Å². The Labute approximate surface area is 162 Å². The average Bonchev–Trinajstić information content (AvgIpc) is 1.65. The summed E-state index contributed by atoms with van der Waals surface area (Å²) in [5.41, 5.74) is 0. The Morgan fingerprint density at radius 3 is 1.00 bits per heavy atom. The van der Waals surface area contributed by atoms with E-state index in [1.165, 1.54) is 0 Å². The summed E-state index contributed by atoms with van der Waals surface area (Å²) >= 11 is 0. The molecule has 0 amide bonds. The largest absolute Gasteiger partial charge is 2.00 e. The van der Waals surface area contributed by atoms with Crippen LogP contribution >= 0.6 is 31.3 Å². The minimum absolute atomic E-state index is 0. The van der Waals surface area contributed by atoms with Crippen molar-refractivity contribution in [1.29, 1.82) is 0 Å². The summed E-state index contributed by atoms with van der Waals surface area (Å²) in [4.78, 5) is 49.4. The number of hydrogen-bond donors (Lipinski definition) is 6. The molecule has 0 aromatic rings. The van der Waals surface area contributed by atoms with Gasteiger partial charge in [-0.15, -0.1) is 0 Å². The van der Waals surface area contributed by atoms with Gasteiger partial charge in [0.05, 0.1) is 0 Å². The van der Waals surface area contributed by atoms with Crippen molar-refractivity contribution < 1.29 is 94.4 Å². The van der Waals surface area contributed by atoms with Crippen LogP contribution in [0, 0.1) is 0 Å². The van der Waals surface area contributed by atoms with E-state index in [0.717, 1.165) is 0 Å². The van der Waals surface area contributed by atoms with E-state index in [1.54, 1.807) is 0 Å². The number of rotatable bonds is 6. The first-order valence-electron chi connectivity index (χ1n) is 3.03. The summed E-state index contributed by atoms with van der Waals surface area (Å²) in [5.74, 6) is 0. The molecule has 2 unspecified atom stereocenters. The molecule has 0 saturated carbocycles. The van der Waals surface area contributed by atoms with Gasteiger partial charge >= 0.3 is 98.6 Å². The Hall–Kier alpha value is 2.82. The second-order valence-electron chi connectivity index (χ2n) is 2.16. The Morgan fingerprint density at radius 2 is 0.842 bits per heavy atom. The molecule has 0 spiro atoms. The number of phosphoric acid groups is 4. The van der Waals surface area contributed by atoms with Gasteiger partial charge in [-0.05, 0) is 0 Å². The predicted molar refractivity (Wildman–Crippen MR) is 56.1 cm³/mol. The van der Waals surface area contributed by atoms with Crippen molar-refractivity contribution in [3.8, 4) is 0 Å². The maximum Gasteiger partial charge on any atom is 2.00 e. The van der Waals surface area contributed by atoms with Gasteiger partial charge in [-0.2, -0.15) is 12.9 Å². The molecule has 0 heterocycles. The van der Waals surface area contributed by atoms with Crippen LogP contribution in [0.2, 0.25) is 0 Å². The Bertz CT molecular complexity index is 426. The minimum Gasteiger partial charge on any atom is -1.00 e. The molecular weight excluding hydrogens is 395 g/mol. The molecule has 0 radical (unpaired) electrons. The van der Waals surface area contributed by atoms with Gasteiger partial charge in [0.25, 0.3) is 0 Å². The van der Waals surface area contributed by atoms with Crippen LogP contribution in [0.15, 0.2) is 0 Å². The van der Waals surface area contributed by atoms with Crippen LogP contribution < -0.4 is 29.6 Å². The molecule has 2 atom stereocenters. The third-order valence-electron chi connectivity index (χ3n) is 0.625. The zero-order chi connectivity index (χ0) is 14.1. The molecule has 0 aliphatic heterocycles. The van der Waals surface area contributed by atoms with E-state index >= 15 is 0 Å². The SMILES string of the molecule is O=P(O)(O)OP(=O)(O)OP(=O)(O)OP(=O)(O)O.[Ca+2].[H-].[H-].[H-].[Na+]. The van der Waals surface area contributed by atoms with Crippen LogP contribution in [0.1, 0.15) is 4.28 Å². The van der Waals surface area contributed by atoms with Crippen molar-refractivity contribution in [2.24, 2.45) is 0 Å².